The molecule has 0 aliphatic heterocycles. The summed E-state index contributed by atoms with van der Waals surface area (Å²) in [6, 6.07) is 0.399. The molecule has 53 valence electrons. The molecule has 0 aliphatic rings. The molecule has 0 aromatic carbocycles. The predicted molar refractivity (Wildman–Crippen MR) is 46.0 cm³/mol. The van der Waals surface area contributed by atoms with Crippen LogP contribution >= 0.6 is 11.8 Å². The molecule has 0 spiro atoms. The normalized spacial score (nSPS) is 13.7. The quantitative estimate of drug-likeness (QED) is 0.582. The van der Waals surface area contributed by atoms with Gasteiger partial charge in [-0.25, -0.2) is 0 Å². The Bertz CT molecular complexity index is 59.0. The van der Waals surface area contributed by atoms with Crippen LogP contribution in [0.3, 0.4) is 0 Å². The van der Waals surface area contributed by atoms with E-state index >= 15 is 0 Å². The summed E-state index contributed by atoms with van der Waals surface area (Å²) in [5.74, 6) is 1.30. The molecule has 3 heteroatoms. The van der Waals surface area contributed by atoms with Gasteiger partial charge in [0.1, 0.15) is 0 Å². The van der Waals surface area contributed by atoms with Crippen LogP contribution in [-0.2, 0) is 0 Å². The molecule has 2 N–H and O–H groups in total. The van der Waals surface area contributed by atoms with Crippen LogP contribution in [0.4, 0.5) is 0 Å². The maximum atomic E-state index is 5.57. The van der Waals surface area contributed by atoms with E-state index in [2.05, 4.69) is 6.92 Å². The molecule has 0 saturated heterocycles. The third kappa shape index (κ3) is 9.11. The molecule has 0 aromatic heterocycles. The Kier molecular flexibility index (Phi) is 8.11. The van der Waals surface area contributed by atoms with Crippen LogP contribution in [-0.4, -0.2) is 38.1 Å². The van der Waals surface area contributed by atoms with Crippen LogP contribution in [0.5, 0.6) is 0 Å². The minimum absolute atomic E-state index is 0.399. The van der Waals surface area contributed by atoms with Gasteiger partial charge in [0.05, 0.1) is 0 Å². The Morgan fingerprint density at radius 1 is 1.67 bits per heavy atom. The van der Waals surface area contributed by atoms with Gasteiger partial charge in [0.2, 0.25) is 0 Å². The van der Waals surface area contributed by atoms with E-state index in [0.717, 1.165) is 0 Å². The van der Waals surface area contributed by atoms with Gasteiger partial charge in [0, 0.05) is 0 Å². The van der Waals surface area contributed by atoms with Crippen molar-refractivity contribution in [3.8, 4) is 0 Å². The van der Waals surface area contributed by atoms with E-state index in [1.807, 2.05) is 11.8 Å². The first-order valence-electron chi connectivity index (χ1n) is 3.25. The number of hydrogen-bond donors (Lipinski definition) is 1. The van der Waals surface area contributed by atoms with Crippen molar-refractivity contribution in [2.45, 2.75) is 25.8 Å². The SMILES string of the molecule is CC(N)CCCS[CH2][Sn]. The summed E-state index contributed by atoms with van der Waals surface area (Å²) in [6.45, 7) is 2.07. The van der Waals surface area contributed by atoms with Gasteiger partial charge in [0.25, 0.3) is 0 Å². The molecular weight excluding hydrogens is 237 g/mol. The van der Waals surface area contributed by atoms with E-state index in [1.165, 1.54) is 22.4 Å². The second-order valence-electron chi connectivity index (χ2n) is 2.17. The predicted octanol–water partition coefficient (Wildman–Crippen LogP) is 0.973. The summed E-state index contributed by atoms with van der Waals surface area (Å²) in [7, 11) is 0. The van der Waals surface area contributed by atoms with Gasteiger partial charge in [0.15, 0.2) is 0 Å². The van der Waals surface area contributed by atoms with Crippen LogP contribution in [0.15, 0.2) is 0 Å². The zero-order valence-corrected chi connectivity index (χ0v) is 9.56. The van der Waals surface area contributed by atoms with Gasteiger partial charge < -0.3 is 0 Å². The van der Waals surface area contributed by atoms with Crippen molar-refractivity contribution >= 4 is 34.3 Å². The van der Waals surface area contributed by atoms with Crippen molar-refractivity contribution in [3.05, 3.63) is 0 Å². The van der Waals surface area contributed by atoms with E-state index in [0.29, 0.717) is 6.04 Å². The Balaban J connectivity index is 2.75. The van der Waals surface area contributed by atoms with Crippen molar-refractivity contribution in [1.82, 2.24) is 0 Å². The van der Waals surface area contributed by atoms with Crippen LogP contribution in [0.1, 0.15) is 19.8 Å². The first-order valence-corrected chi connectivity index (χ1v) is 6.42. The summed E-state index contributed by atoms with van der Waals surface area (Å²) in [4.78, 5) is 0. The summed E-state index contributed by atoms with van der Waals surface area (Å²) in [5, 5.41) is 0. The van der Waals surface area contributed by atoms with Crippen LogP contribution in [0.2, 0.25) is 0 Å². The van der Waals surface area contributed by atoms with Crippen molar-refractivity contribution in [3.63, 3.8) is 0 Å². The van der Waals surface area contributed by atoms with Crippen LogP contribution in [0.25, 0.3) is 0 Å². The standard InChI is InChI=1S/C6H14NS.Sn/c1-6(7)4-3-5-8-2;/h6H,2-5,7H2,1H3;. The first kappa shape index (κ1) is 10.1. The summed E-state index contributed by atoms with van der Waals surface area (Å²) in [6.07, 6.45) is 2.47. The molecule has 0 rings (SSSR count). The third-order valence-electron chi connectivity index (χ3n) is 1.05. The number of rotatable bonds is 5. The molecule has 1 nitrogen and oxygen atoms in total. The number of thioether (sulfide) groups is 1. The van der Waals surface area contributed by atoms with Crippen LogP contribution < -0.4 is 5.73 Å². The number of hydrogen-bond acceptors (Lipinski definition) is 2. The summed E-state index contributed by atoms with van der Waals surface area (Å²) < 4.78 is 1.33. The number of nitrogens with two attached hydrogens (primary N) is 1. The zero-order chi connectivity index (χ0) is 7.11. The first-order chi connectivity index (χ1) is 4.27. The molecule has 3 radical (unpaired) electrons. The zero-order valence-electron chi connectivity index (χ0n) is 5.89. The van der Waals surface area contributed by atoms with E-state index < -0.39 is 0 Å². The van der Waals surface area contributed by atoms with Gasteiger partial charge in [-0.3, -0.25) is 0 Å². The second kappa shape index (κ2) is 7.22. The molecule has 0 saturated carbocycles. The Morgan fingerprint density at radius 3 is 2.78 bits per heavy atom. The fraction of sp³-hybridized carbons (Fsp3) is 1.00. The minimum atomic E-state index is 0.399. The van der Waals surface area contributed by atoms with Gasteiger partial charge in [-0.1, -0.05) is 0 Å². The molecule has 9 heavy (non-hydrogen) atoms. The monoisotopic (exact) mass is 252 g/mol. The van der Waals surface area contributed by atoms with Gasteiger partial charge in [-0.05, 0) is 0 Å². The van der Waals surface area contributed by atoms with Gasteiger partial charge >= 0.3 is 75.3 Å². The molecule has 0 heterocycles. The van der Waals surface area contributed by atoms with E-state index in [-0.39, 0.29) is 0 Å². The van der Waals surface area contributed by atoms with Crippen molar-refractivity contribution in [2.75, 3.05) is 9.52 Å². The van der Waals surface area contributed by atoms with E-state index in [9.17, 15) is 0 Å². The third-order valence-corrected chi connectivity index (χ3v) is 3.58. The van der Waals surface area contributed by atoms with Crippen molar-refractivity contribution in [1.29, 1.82) is 0 Å². The average Bonchev–Trinajstić information content (AvgIpc) is 1.80. The van der Waals surface area contributed by atoms with Gasteiger partial charge in [-0.2, -0.15) is 0 Å². The average molecular weight is 251 g/mol. The molecule has 0 aromatic rings. The van der Waals surface area contributed by atoms with E-state index in [4.69, 9.17) is 5.73 Å². The molecule has 0 amide bonds. The molecule has 1 unspecified atom stereocenters. The van der Waals surface area contributed by atoms with Crippen LogP contribution in [0, 0.1) is 0 Å². The fourth-order valence-electron chi connectivity index (χ4n) is 0.580. The summed E-state index contributed by atoms with van der Waals surface area (Å²) in [5.41, 5.74) is 5.57. The molecule has 0 aliphatic carbocycles. The fourth-order valence-corrected chi connectivity index (χ4v) is 2.33. The topological polar surface area (TPSA) is 26.0 Å². The molecule has 0 fully saturated rings. The molecule has 0 bridgehead atoms. The van der Waals surface area contributed by atoms with Gasteiger partial charge in [-0.15, -0.1) is 0 Å². The Hall–Kier alpha value is 1.11. The Labute approximate surface area is 75.2 Å². The second-order valence-corrected chi connectivity index (χ2v) is 5.75. The summed E-state index contributed by atoms with van der Waals surface area (Å²) >= 11 is 3.67. The molecular formula is C6H14NSSn. The van der Waals surface area contributed by atoms with Crippen molar-refractivity contribution < 1.29 is 0 Å². The maximum absolute atomic E-state index is 5.57. The van der Waals surface area contributed by atoms with Crippen molar-refractivity contribution in [2.24, 2.45) is 5.73 Å². The molecule has 1 atom stereocenters. The van der Waals surface area contributed by atoms with E-state index in [1.54, 1.807) is 22.5 Å². The Morgan fingerprint density at radius 2 is 2.33 bits per heavy atom.